The maximum absolute atomic E-state index is 10.4. The molecule has 0 heterocycles. The van der Waals surface area contributed by atoms with Crippen molar-refractivity contribution in [3.8, 4) is 11.5 Å². The standard InChI is InChI=1S/C10H10O6/c11-7-2-1-6(4-9(12)13)3-8(7)16-5-10(14)15/h1-3,11H,4-5H2,(H,12,13)(H,14,15). The van der Waals surface area contributed by atoms with Crippen molar-refractivity contribution in [2.24, 2.45) is 0 Å². The van der Waals surface area contributed by atoms with Crippen LogP contribution in [0.25, 0.3) is 0 Å². The Bertz CT molecular complexity index is 412. The summed E-state index contributed by atoms with van der Waals surface area (Å²) in [5.74, 6) is -2.46. The number of aromatic hydroxyl groups is 1. The van der Waals surface area contributed by atoms with Gasteiger partial charge in [0.1, 0.15) is 0 Å². The molecule has 3 N–H and O–H groups in total. The highest BCUT2D eigenvalue weighted by atomic mass is 16.5. The Hall–Kier alpha value is -2.24. The highest BCUT2D eigenvalue weighted by Crippen LogP contribution is 2.26. The fourth-order valence-corrected chi connectivity index (χ4v) is 1.10. The molecule has 0 fully saturated rings. The quantitative estimate of drug-likeness (QED) is 0.674. The van der Waals surface area contributed by atoms with Gasteiger partial charge in [-0.2, -0.15) is 0 Å². The zero-order valence-corrected chi connectivity index (χ0v) is 8.21. The van der Waals surface area contributed by atoms with Crippen LogP contribution in [0.3, 0.4) is 0 Å². The van der Waals surface area contributed by atoms with Gasteiger partial charge in [-0.15, -0.1) is 0 Å². The molecular weight excluding hydrogens is 216 g/mol. The summed E-state index contributed by atoms with van der Waals surface area (Å²) in [4.78, 5) is 20.7. The Morgan fingerprint density at radius 3 is 2.44 bits per heavy atom. The number of hydrogen-bond acceptors (Lipinski definition) is 4. The van der Waals surface area contributed by atoms with Crippen LogP contribution >= 0.6 is 0 Å². The summed E-state index contributed by atoms with van der Waals surface area (Å²) >= 11 is 0. The lowest BCUT2D eigenvalue weighted by atomic mass is 10.1. The first-order chi connectivity index (χ1) is 7.49. The first-order valence-corrected chi connectivity index (χ1v) is 4.37. The van der Waals surface area contributed by atoms with Crippen molar-refractivity contribution in [3.05, 3.63) is 23.8 Å². The first kappa shape index (κ1) is 11.8. The highest BCUT2D eigenvalue weighted by molar-refractivity contribution is 5.71. The lowest BCUT2D eigenvalue weighted by molar-refractivity contribution is -0.139. The molecular formula is C10H10O6. The Morgan fingerprint density at radius 2 is 1.88 bits per heavy atom. The third kappa shape index (κ3) is 3.49. The summed E-state index contributed by atoms with van der Waals surface area (Å²) in [6, 6.07) is 3.99. The second-order valence-corrected chi connectivity index (χ2v) is 3.06. The van der Waals surface area contributed by atoms with E-state index in [2.05, 4.69) is 0 Å². The fraction of sp³-hybridized carbons (Fsp3) is 0.200. The molecule has 0 atom stereocenters. The van der Waals surface area contributed by atoms with Crippen LogP contribution in [0.15, 0.2) is 18.2 Å². The molecule has 86 valence electrons. The van der Waals surface area contributed by atoms with Crippen molar-refractivity contribution in [1.82, 2.24) is 0 Å². The largest absolute Gasteiger partial charge is 0.504 e. The van der Waals surface area contributed by atoms with E-state index in [9.17, 15) is 14.7 Å². The lowest BCUT2D eigenvalue weighted by Gasteiger charge is -2.07. The van der Waals surface area contributed by atoms with Crippen molar-refractivity contribution in [2.75, 3.05) is 6.61 Å². The van der Waals surface area contributed by atoms with Gasteiger partial charge in [0.05, 0.1) is 6.42 Å². The third-order valence-corrected chi connectivity index (χ3v) is 1.73. The Labute approximate surface area is 90.7 Å². The van der Waals surface area contributed by atoms with E-state index in [1.54, 1.807) is 0 Å². The van der Waals surface area contributed by atoms with Gasteiger partial charge >= 0.3 is 11.9 Å². The Morgan fingerprint density at radius 1 is 1.19 bits per heavy atom. The lowest BCUT2D eigenvalue weighted by Crippen LogP contribution is -2.10. The van der Waals surface area contributed by atoms with Crippen molar-refractivity contribution in [2.45, 2.75) is 6.42 Å². The van der Waals surface area contributed by atoms with Gasteiger partial charge in [0.15, 0.2) is 18.1 Å². The molecule has 0 unspecified atom stereocenters. The number of ether oxygens (including phenoxy) is 1. The molecule has 6 nitrogen and oxygen atoms in total. The molecule has 16 heavy (non-hydrogen) atoms. The topological polar surface area (TPSA) is 104 Å². The minimum Gasteiger partial charge on any atom is -0.504 e. The minimum atomic E-state index is -1.18. The Kier molecular flexibility index (Phi) is 3.71. The van der Waals surface area contributed by atoms with Crippen molar-refractivity contribution in [1.29, 1.82) is 0 Å². The van der Waals surface area contributed by atoms with Crippen LogP contribution in [0.5, 0.6) is 11.5 Å². The van der Waals surface area contributed by atoms with Crippen LogP contribution in [-0.2, 0) is 16.0 Å². The van der Waals surface area contributed by atoms with E-state index >= 15 is 0 Å². The van der Waals surface area contributed by atoms with Crippen LogP contribution < -0.4 is 4.74 Å². The monoisotopic (exact) mass is 226 g/mol. The van der Waals surface area contributed by atoms with Crippen LogP contribution in [-0.4, -0.2) is 33.9 Å². The average molecular weight is 226 g/mol. The van der Waals surface area contributed by atoms with E-state index < -0.39 is 18.5 Å². The number of carbonyl (C=O) groups is 2. The number of phenols is 1. The van der Waals surface area contributed by atoms with Crippen molar-refractivity contribution >= 4 is 11.9 Å². The molecule has 0 amide bonds. The highest BCUT2D eigenvalue weighted by Gasteiger charge is 2.08. The van der Waals surface area contributed by atoms with Gasteiger partial charge < -0.3 is 20.1 Å². The SMILES string of the molecule is O=C(O)COc1cc(CC(=O)O)ccc1O. The maximum Gasteiger partial charge on any atom is 0.341 e. The zero-order chi connectivity index (χ0) is 12.1. The van der Waals surface area contributed by atoms with Gasteiger partial charge in [0.25, 0.3) is 0 Å². The summed E-state index contributed by atoms with van der Waals surface area (Å²) in [5, 5.41) is 26.2. The van der Waals surface area contributed by atoms with Gasteiger partial charge in [-0.1, -0.05) is 6.07 Å². The fourth-order valence-electron chi connectivity index (χ4n) is 1.10. The van der Waals surface area contributed by atoms with E-state index in [-0.39, 0.29) is 17.9 Å². The van der Waals surface area contributed by atoms with Gasteiger partial charge in [-0.05, 0) is 17.7 Å². The van der Waals surface area contributed by atoms with E-state index in [4.69, 9.17) is 14.9 Å². The maximum atomic E-state index is 10.4. The molecule has 1 rings (SSSR count). The molecule has 0 spiro atoms. The zero-order valence-electron chi connectivity index (χ0n) is 8.21. The molecule has 0 aliphatic heterocycles. The minimum absolute atomic E-state index is 0.0406. The summed E-state index contributed by atoms with van der Waals surface area (Å²) < 4.78 is 4.78. The van der Waals surface area contributed by atoms with Gasteiger partial charge in [-0.25, -0.2) is 4.79 Å². The second-order valence-electron chi connectivity index (χ2n) is 3.06. The molecule has 0 aliphatic carbocycles. The number of carboxylic acids is 2. The summed E-state index contributed by atoms with van der Waals surface area (Å²) in [7, 11) is 0. The normalized spacial score (nSPS) is 9.75. The molecule has 0 aromatic heterocycles. The number of aliphatic carboxylic acids is 2. The third-order valence-electron chi connectivity index (χ3n) is 1.73. The van der Waals surface area contributed by atoms with Crippen LogP contribution in [0.1, 0.15) is 5.56 Å². The number of benzene rings is 1. The van der Waals surface area contributed by atoms with Crippen LogP contribution in [0.2, 0.25) is 0 Å². The van der Waals surface area contributed by atoms with E-state index in [0.29, 0.717) is 5.56 Å². The number of hydrogen-bond donors (Lipinski definition) is 3. The first-order valence-electron chi connectivity index (χ1n) is 4.37. The average Bonchev–Trinajstić information content (AvgIpc) is 2.18. The predicted molar refractivity (Wildman–Crippen MR) is 52.6 cm³/mol. The van der Waals surface area contributed by atoms with Crippen molar-refractivity contribution in [3.63, 3.8) is 0 Å². The molecule has 0 saturated carbocycles. The van der Waals surface area contributed by atoms with Gasteiger partial charge in [0.2, 0.25) is 0 Å². The molecule has 1 aromatic carbocycles. The number of carboxylic acid groups (broad SMARTS) is 2. The molecule has 0 aliphatic rings. The molecule has 0 saturated heterocycles. The molecule has 0 radical (unpaired) electrons. The van der Waals surface area contributed by atoms with Gasteiger partial charge in [-0.3, -0.25) is 4.79 Å². The van der Waals surface area contributed by atoms with E-state index in [0.717, 1.165) is 0 Å². The summed E-state index contributed by atoms with van der Waals surface area (Å²) in [5.41, 5.74) is 0.422. The van der Waals surface area contributed by atoms with Crippen LogP contribution in [0, 0.1) is 0 Å². The Balaban J connectivity index is 2.81. The number of rotatable bonds is 5. The molecule has 0 bridgehead atoms. The molecule has 1 aromatic rings. The predicted octanol–water partition coefficient (Wildman–Crippen LogP) is 0.483. The van der Waals surface area contributed by atoms with Crippen molar-refractivity contribution < 1.29 is 29.6 Å². The molecule has 6 heteroatoms. The van der Waals surface area contributed by atoms with E-state index in [1.807, 2.05) is 0 Å². The van der Waals surface area contributed by atoms with Gasteiger partial charge in [0, 0.05) is 0 Å². The number of phenolic OH excluding ortho intramolecular Hbond substituents is 1. The van der Waals surface area contributed by atoms with E-state index in [1.165, 1.54) is 18.2 Å². The summed E-state index contributed by atoms with van der Waals surface area (Å²) in [6.07, 6.45) is -0.219. The van der Waals surface area contributed by atoms with Crippen LogP contribution in [0.4, 0.5) is 0 Å². The summed E-state index contributed by atoms with van der Waals surface area (Å²) in [6.45, 7) is -0.593. The smallest absolute Gasteiger partial charge is 0.341 e. The second kappa shape index (κ2) is 5.01.